The fraction of sp³-hybridized carbons (Fsp3) is 0.409. The molecule has 2 N–H and O–H groups in total. The summed E-state index contributed by atoms with van der Waals surface area (Å²) in [5.41, 5.74) is 2.06. The van der Waals surface area contributed by atoms with Crippen LogP contribution in [0.1, 0.15) is 59.3 Å². The van der Waals surface area contributed by atoms with Crippen LogP contribution in [0.25, 0.3) is 0 Å². The van der Waals surface area contributed by atoms with Crippen LogP contribution in [0.5, 0.6) is 5.75 Å². The SMILES string of the molecule is CNC(=O)C(NC(=O)c1ncc(C2CC2)cc1OCC1CC1)c1ccccc1. The van der Waals surface area contributed by atoms with Gasteiger partial charge in [-0.05, 0) is 54.7 Å². The Balaban J connectivity index is 1.57. The highest BCUT2D eigenvalue weighted by Crippen LogP contribution is 2.41. The first-order chi connectivity index (χ1) is 13.7. The molecule has 0 radical (unpaired) electrons. The van der Waals surface area contributed by atoms with E-state index in [-0.39, 0.29) is 11.6 Å². The monoisotopic (exact) mass is 379 g/mol. The van der Waals surface area contributed by atoms with Gasteiger partial charge in [0.25, 0.3) is 5.91 Å². The Hall–Kier alpha value is -2.89. The molecule has 1 heterocycles. The van der Waals surface area contributed by atoms with E-state index >= 15 is 0 Å². The minimum Gasteiger partial charge on any atom is -0.491 e. The number of nitrogens with one attached hydrogen (secondary N) is 2. The Labute approximate surface area is 164 Å². The van der Waals surface area contributed by atoms with Gasteiger partial charge in [-0.15, -0.1) is 0 Å². The average molecular weight is 379 g/mol. The van der Waals surface area contributed by atoms with Crippen LogP contribution in [0.3, 0.4) is 0 Å². The van der Waals surface area contributed by atoms with Crippen LogP contribution >= 0.6 is 0 Å². The van der Waals surface area contributed by atoms with Gasteiger partial charge in [0.2, 0.25) is 5.91 Å². The number of rotatable bonds is 8. The summed E-state index contributed by atoms with van der Waals surface area (Å²) >= 11 is 0. The number of likely N-dealkylation sites (N-methyl/N-ethyl adjacent to an activating group) is 1. The average Bonchev–Trinajstić information content (AvgIpc) is 3.64. The van der Waals surface area contributed by atoms with Crippen molar-refractivity contribution in [3.63, 3.8) is 0 Å². The topological polar surface area (TPSA) is 80.3 Å². The molecule has 1 aromatic carbocycles. The van der Waals surface area contributed by atoms with Crippen LogP contribution in [-0.2, 0) is 4.79 Å². The highest BCUT2D eigenvalue weighted by Gasteiger charge is 2.29. The summed E-state index contributed by atoms with van der Waals surface area (Å²) < 4.78 is 5.95. The number of hydrogen-bond donors (Lipinski definition) is 2. The Kier molecular flexibility index (Phi) is 5.28. The van der Waals surface area contributed by atoms with E-state index in [9.17, 15) is 9.59 Å². The zero-order valence-corrected chi connectivity index (χ0v) is 16.0. The number of benzene rings is 1. The maximum absolute atomic E-state index is 13.0. The van der Waals surface area contributed by atoms with E-state index in [1.54, 1.807) is 13.2 Å². The summed E-state index contributed by atoms with van der Waals surface area (Å²) in [6, 6.07) is 10.3. The lowest BCUT2D eigenvalue weighted by Crippen LogP contribution is -2.39. The van der Waals surface area contributed by atoms with Crippen LogP contribution in [0.2, 0.25) is 0 Å². The lowest BCUT2D eigenvalue weighted by Gasteiger charge is -2.19. The highest BCUT2D eigenvalue weighted by atomic mass is 16.5. The van der Waals surface area contributed by atoms with Gasteiger partial charge in [0.15, 0.2) is 11.4 Å². The molecular weight excluding hydrogens is 354 g/mol. The second-order valence-electron chi connectivity index (χ2n) is 7.58. The summed E-state index contributed by atoms with van der Waals surface area (Å²) in [4.78, 5) is 29.8. The van der Waals surface area contributed by atoms with Gasteiger partial charge >= 0.3 is 0 Å². The molecule has 4 rings (SSSR count). The smallest absolute Gasteiger partial charge is 0.274 e. The van der Waals surface area contributed by atoms with Gasteiger partial charge in [-0.3, -0.25) is 9.59 Å². The standard InChI is InChI=1S/C22H25N3O3/c1-23-21(26)19(16-5-3-2-4-6-16)25-22(27)20-18(28-13-14-7-8-14)11-17(12-24-20)15-9-10-15/h2-6,11-12,14-15,19H,7-10,13H2,1H3,(H,23,26)(H,25,27). The van der Waals surface area contributed by atoms with Gasteiger partial charge < -0.3 is 15.4 Å². The molecule has 1 unspecified atom stereocenters. The molecule has 0 saturated heterocycles. The Morgan fingerprint density at radius 2 is 1.93 bits per heavy atom. The van der Waals surface area contributed by atoms with Crippen molar-refractivity contribution in [2.45, 2.75) is 37.6 Å². The van der Waals surface area contributed by atoms with Crippen molar-refractivity contribution in [2.75, 3.05) is 13.7 Å². The molecule has 2 aliphatic carbocycles. The van der Waals surface area contributed by atoms with E-state index in [1.165, 1.54) is 12.8 Å². The van der Waals surface area contributed by atoms with E-state index in [0.29, 0.717) is 29.8 Å². The molecule has 0 aliphatic heterocycles. The first-order valence-electron chi connectivity index (χ1n) is 9.86. The van der Waals surface area contributed by atoms with Crippen LogP contribution < -0.4 is 15.4 Å². The molecule has 6 nitrogen and oxygen atoms in total. The van der Waals surface area contributed by atoms with Crippen LogP contribution in [0.4, 0.5) is 0 Å². The summed E-state index contributed by atoms with van der Waals surface area (Å²) in [5, 5.41) is 5.43. The molecule has 0 bridgehead atoms. The van der Waals surface area contributed by atoms with Gasteiger partial charge in [0.1, 0.15) is 6.04 Å². The summed E-state index contributed by atoms with van der Waals surface area (Å²) in [6.07, 6.45) is 6.41. The van der Waals surface area contributed by atoms with Crippen molar-refractivity contribution >= 4 is 11.8 Å². The maximum Gasteiger partial charge on any atom is 0.274 e. The summed E-state index contributed by atoms with van der Waals surface area (Å²) in [6.45, 7) is 0.605. The van der Waals surface area contributed by atoms with E-state index in [1.807, 2.05) is 36.4 Å². The minimum absolute atomic E-state index is 0.231. The van der Waals surface area contributed by atoms with Gasteiger partial charge in [-0.1, -0.05) is 30.3 Å². The predicted molar refractivity (Wildman–Crippen MR) is 105 cm³/mol. The molecule has 2 amide bonds. The second kappa shape index (κ2) is 8.00. The van der Waals surface area contributed by atoms with Gasteiger partial charge in [0.05, 0.1) is 6.61 Å². The Bertz CT molecular complexity index is 861. The fourth-order valence-electron chi connectivity index (χ4n) is 3.16. The van der Waals surface area contributed by atoms with Crippen LogP contribution in [0.15, 0.2) is 42.6 Å². The normalized spacial score (nSPS) is 16.9. The number of aromatic nitrogens is 1. The molecule has 146 valence electrons. The highest BCUT2D eigenvalue weighted by molar-refractivity contribution is 5.98. The van der Waals surface area contributed by atoms with Gasteiger partial charge in [-0.25, -0.2) is 4.98 Å². The number of carbonyl (C=O) groups excluding carboxylic acids is 2. The van der Waals surface area contributed by atoms with Crippen molar-refractivity contribution in [3.05, 3.63) is 59.4 Å². The largest absolute Gasteiger partial charge is 0.491 e. The van der Waals surface area contributed by atoms with Crippen LogP contribution in [-0.4, -0.2) is 30.5 Å². The van der Waals surface area contributed by atoms with E-state index < -0.39 is 11.9 Å². The van der Waals surface area contributed by atoms with Crippen molar-refractivity contribution in [1.29, 1.82) is 0 Å². The third-order valence-corrected chi connectivity index (χ3v) is 5.23. The Morgan fingerprint density at radius 1 is 1.18 bits per heavy atom. The fourth-order valence-corrected chi connectivity index (χ4v) is 3.16. The van der Waals surface area contributed by atoms with Crippen molar-refractivity contribution < 1.29 is 14.3 Å². The first kappa shape index (κ1) is 18.5. The molecule has 2 fully saturated rings. The number of nitrogens with zero attached hydrogens (tertiary/aromatic N) is 1. The molecule has 0 spiro atoms. The van der Waals surface area contributed by atoms with Crippen molar-refractivity contribution in [1.82, 2.24) is 15.6 Å². The van der Waals surface area contributed by atoms with Crippen molar-refractivity contribution in [3.8, 4) is 5.75 Å². The summed E-state index contributed by atoms with van der Waals surface area (Å²) in [7, 11) is 1.55. The number of hydrogen-bond acceptors (Lipinski definition) is 4. The maximum atomic E-state index is 13.0. The van der Waals surface area contributed by atoms with Crippen LogP contribution in [0, 0.1) is 5.92 Å². The number of carbonyl (C=O) groups is 2. The summed E-state index contributed by atoms with van der Waals surface area (Å²) in [5.74, 6) is 0.914. The molecule has 2 saturated carbocycles. The lowest BCUT2D eigenvalue weighted by atomic mass is 10.1. The number of amides is 2. The quantitative estimate of drug-likeness (QED) is 0.739. The molecule has 1 aromatic heterocycles. The van der Waals surface area contributed by atoms with E-state index in [0.717, 1.165) is 18.4 Å². The van der Waals surface area contributed by atoms with E-state index in [4.69, 9.17) is 4.74 Å². The third-order valence-electron chi connectivity index (χ3n) is 5.23. The number of ether oxygens (including phenoxy) is 1. The Morgan fingerprint density at radius 3 is 2.57 bits per heavy atom. The second-order valence-corrected chi connectivity index (χ2v) is 7.58. The van der Waals surface area contributed by atoms with Crippen molar-refractivity contribution in [2.24, 2.45) is 5.92 Å². The van der Waals surface area contributed by atoms with Gasteiger partial charge in [0, 0.05) is 13.2 Å². The molecule has 2 aliphatic rings. The zero-order chi connectivity index (χ0) is 19.5. The predicted octanol–water partition coefficient (Wildman–Crippen LogP) is 2.96. The first-order valence-corrected chi connectivity index (χ1v) is 9.86. The molecule has 6 heteroatoms. The van der Waals surface area contributed by atoms with E-state index in [2.05, 4.69) is 15.6 Å². The minimum atomic E-state index is -0.792. The molecule has 1 atom stereocenters. The van der Waals surface area contributed by atoms with Gasteiger partial charge in [-0.2, -0.15) is 0 Å². The lowest BCUT2D eigenvalue weighted by molar-refractivity contribution is -0.122. The molecule has 2 aromatic rings. The number of pyridine rings is 1. The molecule has 28 heavy (non-hydrogen) atoms. The molecular formula is C22H25N3O3. The third kappa shape index (κ3) is 4.32. The zero-order valence-electron chi connectivity index (χ0n) is 16.0.